The predicted molar refractivity (Wildman–Crippen MR) is 121 cm³/mol. The van der Waals surface area contributed by atoms with Gasteiger partial charge in [0.2, 0.25) is 11.8 Å². The summed E-state index contributed by atoms with van der Waals surface area (Å²) in [5, 5.41) is 0. The van der Waals surface area contributed by atoms with Crippen molar-refractivity contribution in [1.82, 2.24) is 19.7 Å². The lowest BCUT2D eigenvalue weighted by Gasteiger charge is -2.38. The van der Waals surface area contributed by atoms with Crippen molar-refractivity contribution in [3.8, 4) is 0 Å². The molecule has 0 atom stereocenters. The molecule has 1 aromatic carbocycles. The van der Waals surface area contributed by atoms with Crippen LogP contribution < -0.4 is 4.90 Å². The number of amides is 2. The number of pyridine rings is 1. The van der Waals surface area contributed by atoms with Crippen LogP contribution in [0.2, 0.25) is 0 Å². The fraction of sp³-hybridized carbons (Fsp3) is 0.458. The number of carbonyl (C=O) groups excluding carboxylic acids is 2. The highest BCUT2D eigenvalue weighted by Gasteiger charge is 2.26. The van der Waals surface area contributed by atoms with Gasteiger partial charge in [0, 0.05) is 58.6 Å². The van der Waals surface area contributed by atoms with Gasteiger partial charge in [0.15, 0.2) is 0 Å². The molecule has 0 aliphatic carbocycles. The number of nitrogens with zero attached hydrogens (tertiary/aromatic N) is 5. The minimum atomic E-state index is 0.167. The van der Waals surface area contributed by atoms with Crippen molar-refractivity contribution in [3.05, 3.63) is 59.8 Å². The van der Waals surface area contributed by atoms with E-state index in [4.69, 9.17) is 0 Å². The van der Waals surface area contributed by atoms with Crippen LogP contribution in [0.25, 0.3) is 0 Å². The number of hydrogen-bond acceptors (Lipinski definition) is 5. The van der Waals surface area contributed by atoms with Gasteiger partial charge >= 0.3 is 0 Å². The van der Waals surface area contributed by atoms with Crippen LogP contribution >= 0.6 is 0 Å². The van der Waals surface area contributed by atoms with Crippen LogP contribution in [0.3, 0.4) is 0 Å². The Morgan fingerprint density at radius 3 is 2.10 bits per heavy atom. The molecule has 0 N–H and O–H groups in total. The molecule has 2 amide bonds. The van der Waals surface area contributed by atoms with E-state index in [-0.39, 0.29) is 11.8 Å². The fourth-order valence-corrected chi connectivity index (χ4v) is 4.16. The molecule has 2 aliphatic rings. The SMILES string of the molecule is Cc1ccc(CC(=O)N2CCN(CC(=O)N3CCN(c4ccccn4)CC3)CC2)cc1. The van der Waals surface area contributed by atoms with E-state index in [1.165, 1.54) is 5.56 Å². The topological polar surface area (TPSA) is 60.0 Å². The highest BCUT2D eigenvalue weighted by molar-refractivity contribution is 5.80. The molecule has 2 aliphatic heterocycles. The van der Waals surface area contributed by atoms with Crippen LogP contribution in [0.4, 0.5) is 5.82 Å². The zero-order chi connectivity index (χ0) is 21.6. The zero-order valence-electron chi connectivity index (χ0n) is 18.2. The molecule has 164 valence electrons. The molecule has 31 heavy (non-hydrogen) atoms. The second-order valence-electron chi connectivity index (χ2n) is 8.38. The van der Waals surface area contributed by atoms with Crippen molar-refractivity contribution in [2.45, 2.75) is 13.3 Å². The van der Waals surface area contributed by atoms with Crippen molar-refractivity contribution in [3.63, 3.8) is 0 Å². The molecule has 0 radical (unpaired) electrons. The largest absolute Gasteiger partial charge is 0.353 e. The van der Waals surface area contributed by atoms with Crippen LogP contribution in [0.5, 0.6) is 0 Å². The minimum absolute atomic E-state index is 0.167. The lowest BCUT2D eigenvalue weighted by atomic mass is 10.1. The second kappa shape index (κ2) is 9.92. The quantitative estimate of drug-likeness (QED) is 0.731. The Bertz CT molecular complexity index is 871. The summed E-state index contributed by atoms with van der Waals surface area (Å²) in [5.74, 6) is 1.32. The minimum Gasteiger partial charge on any atom is -0.353 e. The number of anilines is 1. The van der Waals surface area contributed by atoms with Gasteiger partial charge in [0.05, 0.1) is 13.0 Å². The molecule has 4 rings (SSSR count). The maximum absolute atomic E-state index is 12.8. The van der Waals surface area contributed by atoms with E-state index in [2.05, 4.69) is 14.8 Å². The van der Waals surface area contributed by atoms with E-state index in [9.17, 15) is 9.59 Å². The monoisotopic (exact) mass is 421 g/mol. The normalized spacial score (nSPS) is 17.6. The van der Waals surface area contributed by atoms with Gasteiger partial charge in [0.25, 0.3) is 0 Å². The first kappa shape index (κ1) is 21.3. The molecule has 3 heterocycles. The molecule has 0 spiro atoms. The van der Waals surface area contributed by atoms with E-state index in [0.717, 1.165) is 50.6 Å². The van der Waals surface area contributed by atoms with Gasteiger partial charge < -0.3 is 14.7 Å². The van der Waals surface area contributed by atoms with E-state index < -0.39 is 0 Å². The third-order valence-electron chi connectivity index (χ3n) is 6.17. The highest BCUT2D eigenvalue weighted by Crippen LogP contribution is 2.13. The molecular formula is C24H31N5O2. The van der Waals surface area contributed by atoms with Crippen molar-refractivity contribution in [2.75, 3.05) is 63.8 Å². The van der Waals surface area contributed by atoms with Crippen LogP contribution in [-0.4, -0.2) is 90.4 Å². The Kier molecular flexibility index (Phi) is 6.82. The van der Waals surface area contributed by atoms with E-state index in [0.29, 0.717) is 26.1 Å². The maximum atomic E-state index is 12.8. The number of rotatable bonds is 5. The summed E-state index contributed by atoms with van der Waals surface area (Å²) in [6.45, 7) is 8.43. The van der Waals surface area contributed by atoms with E-state index >= 15 is 0 Å². The average molecular weight is 422 g/mol. The second-order valence-corrected chi connectivity index (χ2v) is 8.38. The molecule has 0 saturated carbocycles. The number of aryl methyl sites for hydroxylation is 1. The average Bonchev–Trinajstić information content (AvgIpc) is 2.81. The van der Waals surface area contributed by atoms with Crippen LogP contribution in [0.1, 0.15) is 11.1 Å². The van der Waals surface area contributed by atoms with Gasteiger partial charge in [-0.15, -0.1) is 0 Å². The molecule has 2 aromatic rings. The fourth-order valence-electron chi connectivity index (χ4n) is 4.16. The van der Waals surface area contributed by atoms with Gasteiger partial charge in [-0.1, -0.05) is 35.9 Å². The molecule has 2 saturated heterocycles. The summed E-state index contributed by atoms with van der Waals surface area (Å²) in [6, 6.07) is 14.1. The van der Waals surface area contributed by atoms with Crippen molar-refractivity contribution >= 4 is 17.6 Å². The van der Waals surface area contributed by atoms with Crippen molar-refractivity contribution in [2.24, 2.45) is 0 Å². The van der Waals surface area contributed by atoms with Gasteiger partial charge in [-0.2, -0.15) is 0 Å². The Labute approximate surface area is 184 Å². The van der Waals surface area contributed by atoms with Crippen molar-refractivity contribution < 1.29 is 9.59 Å². The summed E-state index contributed by atoms with van der Waals surface area (Å²) in [7, 11) is 0. The molecule has 1 aromatic heterocycles. The van der Waals surface area contributed by atoms with Crippen LogP contribution in [0, 0.1) is 6.92 Å². The lowest BCUT2D eigenvalue weighted by Crippen LogP contribution is -2.54. The third kappa shape index (κ3) is 5.61. The standard InChI is InChI=1S/C24H31N5O2/c1-20-5-7-21(8-6-20)18-23(30)28-12-10-26(11-13-28)19-24(31)29-16-14-27(15-17-29)22-4-2-3-9-25-22/h2-9H,10-19H2,1H3. The summed E-state index contributed by atoms with van der Waals surface area (Å²) in [4.78, 5) is 38.0. The Morgan fingerprint density at radius 1 is 0.806 bits per heavy atom. The first-order valence-electron chi connectivity index (χ1n) is 11.1. The summed E-state index contributed by atoms with van der Waals surface area (Å²) >= 11 is 0. The third-order valence-corrected chi connectivity index (χ3v) is 6.17. The van der Waals surface area contributed by atoms with E-state index in [1.807, 2.05) is 59.2 Å². The Morgan fingerprint density at radius 2 is 1.45 bits per heavy atom. The van der Waals surface area contributed by atoms with E-state index in [1.54, 1.807) is 6.20 Å². The highest BCUT2D eigenvalue weighted by atomic mass is 16.2. The first-order valence-corrected chi connectivity index (χ1v) is 11.1. The lowest BCUT2D eigenvalue weighted by molar-refractivity contribution is -0.135. The summed E-state index contributed by atoms with van der Waals surface area (Å²) in [6.07, 6.45) is 2.25. The smallest absolute Gasteiger partial charge is 0.236 e. The number of carbonyl (C=O) groups is 2. The number of hydrogen-bond donors (Lipinski definition) is 0. The molecule has 0 bridgehead atoms. The number of aromatic nitrogens is 1. The van der Waals surface area contributed by atoms with Crippen LogP contribution in [0.15, 0.2) is 48.7 Å². The number of benzene rings is 1. The molecule has 7 heteroatoms. The number of piperazine rings is 2. The van der Waals surface area contributed by atoms with Gasteiger partial charge in [-0.05, 0) is 24.6 Å². The van der Waals surface area contributed by atoms with Crippen LogP contribution in [-0.2, 0) is 16.0 Å². The van der Waals surface area contributed by atoms with Gasteiger partial charge in [0.1, 0.15) is 5.82 Å². The van der Waals surface area contributed by atoms with Gasteiger partial charge in [-0.3, -0.25) is 14.5 Å². The Balaban J connectivity index is 1.19. The summed E-state index contributed by atoms with van der Waals surface area (Å²) < 4.78 is 0. The Hall–Kier alpha value is -2.93. The predicted octanol–water partition coefficient (Wildman–Crippen LogP) is 1.43. The zero-order valence-corrected chi connectivity index (χ0v) is 18.2. The van der Waals surface area contributed by atoms with Gasteiger partial charge in [-0.25, -0.2) is 4.98 Å². The first-order chi connectivity index (χ1) is 15.1. The summed E-state index contributed by atoms with van der Waals surface area (Å²) in [5.41, 5.74) is 2.26. The molecular weight excluding hydrogens is 390 g/mol. The maximum Gasteiger partial charge on any atom is 0.236 e. The molecule has 0 unspecified atom stereocenters. The van der Waals surface area contributed by atoms with Crippen molar-refractivity contribution in [1.29, 1.82) is 0 Å². The molecule has 2 fully saturated rings. The molecule has 7 nitrogen and oxygen atoms in total.